The second kappa shape index (κ2) is 5.10. The van der Waals surface area contributed by atoms with Gasteiger partial charge in [-0.2, -0.15) is 0 Å². The first-order valence-corrected chi connectivity index (χ1v) is 7.09. The number of benzene rings is 1. The molecule has 3 nitrogen and oxygen atoms in total. The van der Waals surface area contributed by atoms with Gasteiger partial charge in [0, 0.05) is 5.75 Å². The van der Waals surface area contributed by atoms with E-state index in [-0.39, 0.29) is 0 Å². The Kier molecular flexibility index (Phi) is 3.34. The van der Waals surface area contributed by atoms with Gasteiger partial charge in [0.05, 0.1) is 0 Å². The number of thioether (sulfide) groups is 1. The van der Waals surface area contributed by atoms with Crippen LogP contribution in [0.25, 0.3) is 11.1 Å². The largest absolute Gasteiger partial charge is 0.431 e. The van der Waals surface area contributed by atoms with E-state index in [4.69, 9.17) is 4.42 Å². The van der Waals surface area contributed by atoms with Crippen LogP contribution in [0.1, 0.15) is 12.8 Å². The summed E-state index contributed by atoms with van der Waals surface area (Å²) in [6.45, 7) is 2.30. The second-order valence-corrected chi connectivity index (χ2v) is 5.44. The van der Waals surface area contributed by atoms with E-state index in [0.717, 1.165) is 34.5 Å². The van der Waals surface area contributed by atoms with Crippen molar-refractivity contribution in [2.24, 2.45) is 5.92 Å². The fourth-order valence-electron chi connectivity index (χ4n) is 2.17. The van der Waals surface area contributed by atoms with Crippen LogP contribution in [0.5, 0.6) is 0 Å². The van der Waals surface area contributed by atoms with E-state index in [1.165, 1.54) is 19.4 Å². The number of nitrogens with one attached hydrogen (secondary N) is 1. The number of aromatic nitrogens is 1. The number of hydrogen-bond donors (Lipinski definition) is 1. The van der Waals surface area contributed by atoms with Gasteiger partial charge in [0.15, 0.2) is 5.58 Å². The van der Waals surface area contributed by atoms with Crippen LogP contribution in [0.4, 0.5) is 0 Å². The monoisotopic (exact) mass is 248 g/mol. The quantitative estimate of drug-likeness (QED) is 0.848. The first-order valence-electron chi connectivity index (χ1n) is 6.11. The summed E-state index contributed by atoms with van der Waals surface area (Å²) in [6.07, 6.45) is 2.61. The van der Waals surface area contributed by atoms with Crippen LogP contribution in [0.2, 0.25) is 0 Å². The second-order valence-electron chi connectivity index (χ2n) is 4.47. The predicted octanol–water partition coefficient (Wildman–Crippen LogP) is 2.92. The van der Waals surface area contributed by atoms with Crippen LogP contribution in [-0.4, -0.2) is 23.8 Å². The lowest BCUT2D eigenvalue weighted by Crippen LogP contribution is -2.30. The zero-order valence-corrected chi connectivity index (χ0v) is 10.5. The molecule has 1 atom stereocenters. The highest BCUT2D eigenvalue weighted by atomic mass is 32.2. The van der Waals surface area contributed by atoms with Gasteiger partial charge >= 0.3 is 0 Å². The third-order valence-electron chi connectivity index (χ3n) is 3.12. The molecule has 0 radical (unpaired) electrons. The fraction of sp³-hybridized carbons (Fsp3) is 0.462. The van der Waals surface area contributed by atoms with Gasteiger partial charge in [-0.1, -0.05) is 23.9 Å². The standard InChI is InChI=1S/C13H16N2OS/c1-2-6-12-11(5-1)15-13(16-12)17-9-10-4-3-7-14-8-10/h1-2,5-6,10,14H,3-4,7-9H2. The molecule has 2 heterocycles. The van der Waals surface area contributed by atoms with Crippen LogP contribution in [-0.2, 0) is 0 Å². The van der Waals surface area contributed by atoms with Crippen molar-refractivity contribution in [1.82, 2.24) is 10.3 Å². The number of piperidine rings is 1. The first kappa shape index (κ1) is 11.1. The molecule has 1 aliphatic rings. The fourth-order valence-corrected chi connectivity index (χ4v) is 3.14. The molecular weight excluding hydrogens is 232 g/mol. The molecule has 1 aromatic heterocycles. The lowest BCUT2D eigenvalue weighted by Gasteiger charge is -2.21. The van der Waals surface area contributed by atoms with Crippen molar-refractivity contribution in [2.45, 2.75) is 18.1 Å². The van der Waals surface area contributed by atoms with Crippen molar-refractivity contribution in [3.8, 4) is 0 Å². The van der Waals surface area contributed by atoms with Gasteiger partial charge in [-0.25, -0.2) is 4.98 Å². The van der Waals surface area contributed by atoms with Crippen LogP contribution in [0.3, 0.4) is 0 Å². The molecule has 1 saturated heterocycles. The summed E-state index contributed by atoms with van der Waals surface area (Å²) in [5.74, 6) is 1.85. The number of nitrogens with zero attached hydrogens (tertiary/aromatic N) is 1. The highest BCUT2D eigenvalue weighted by Gasteiger charge is 2.14. The molecule has 1 fully saturated rings. The maximum Gasteiger partial charge on any atom is 0.256 e. The summed E-state index contributed by atoms with van der Waals surface area (Å²) < 4.78 is 5.69. The lowest BCUT2D eigenvalue weighted by molar-refractivity contribution is 0.408. The Morgan fingerprint density at radius 3 is 3.18 bits per heavy atom. The molecule has 1 aromatic carbocycles. The number of oxazole rings is 1. The maximum atomic E-state index is 5.69. The Balaban J connectivity index is 1.64. The predicted molar refractivity (Wildman–Crippen MR) is 70.3 cm³/mol. The molecule has 0 spiro atoms. The Labute approximate surface area is 105 Å². The van der Waals surface area contributed by atoms with Crippen LogP contribution in [0, 0.1) is 5.92 Å². The van der Waals surface area contributed by atoms with Gasteiger partial charge < -0.3 is 9.73 Å². The van der Waals surface area contributed by atoms with E-state index in [1.807, 2.05) is 24.3 Å². The van der Waals surface area contributed by atoms with Gasteiger partial charge in [0.2, 0.25) is 0 Å². The van der Waals surface area contributed by atoms with E-state index < -0.39 is 0 Å². The van der Waals surface area contributed by atoms with Gasteiger partial charge in [-0.05, 0) is 44.0 Å². The normalized spacial score (nSPS) is 20.8. The SMILES string of the molecule is c1ccc2oc(SCC3CCCNC3)nc2c1. The molecule has 0 aliphatic carbocycles. The minimum atomic E-state index is 0.753. The van der Waals surface area contributed by atoms with E-state index >= 15 is 0 Å². The van der Waals surface area contributed by atoms with Gasteiger partial charge in [0.1, 0.15) is 5.52 Å². The Morgan fingerprint density at radius 2 is 2.35 bits per heavy atom. The third-order valence-corrected chi connectivity index (χ3v) is 4.18. The van der Waals surface area contributed by atoms with Crippen LogP contribution >= 0.6 is 11.8 Å². The number of fused-ring (bicyclic) bond motifs is 1. The van der Waals surface area contributed by atoms with Crippen LogP contribution in [0.15, 0.2) is 33.9 Å². The van der Waals surface area contributed by atoms with E-state index in [0.29, 0.717) is 0 Å². The molecular formula is C13H16N2OS. The maximum absolute atomic E-state index is 5.69. The topological polar surface area (TPSA) is 38.1 Å². The van der Waals surface area contributed by atoms with Crippen molar-refractivity contribution in [2.75, 3.05) is 18.8 Å². The Bertz CT molecular complexity index is 458. The van der Waals surface area contributed by atoms with Crippen LogP contribution < -0.4 is 5.32 Å². The number of rotatable bonds is 3. The van der Waals surface area contributed by atoms with E-state index in [1.54, 1.807) is 11.8 Å². The molecule has 17 heavy (non-hydrogen) atoms. The molecule has 0 bridgehead atoms. The summed E-state index contributed by atoms with van der Waals surface area (Å²) >= 11 is 1.73. The lowest BCUT2D eigenvalue weighted by atomic mass is 10.0. The zero-order chi connectivity index (χ0) is 11.5. The summed E-state index contributed by atoms with van der Waals surface area (Å²) in [6, 6.07) is 7.93. The van der Waals surface area contributed by atoms with Crippen molar-refractivity contribution in [3.05, 3.63) is 24.3 Å². The van der Waals surface area contributed by atoms with Crippen molar-refractivity contribution >= 4 is 22.9 Å². The van der Waals surface area contributed by atoms with E-state index in [2.05, 4.69) is 10.3 Å². The van der Waals surface area contributed by atoms with Gasteiger partial charge in [-0.3, -0.25) is 0 Å². The Morgan fingerprint density at radius 1 is 1.41 bits per heavy atom. The smallest absolute Gasteiger partial charge is 0.256 e. The molecule has 1 aliphatic heterocycles. The van der Waals surface area contributed by atoms with Crippen molar-refractivity contribution in [1.29, 1.82) is 0 Å². The molecule has 2 aromatic rings. The molecule has 3 rings (SSSR count). The summed E-state index contributed by atoms with van der Waals surface area (Å²) in [5, 5.41) is 4.24. The highest BCUT2D eigenvalue weighted by Crippen LogP contribution is 2.26. The molecule has 0 saturated carbocycles. The number of hydrogen-bond acceptors (Lipinski definition) is 4. The average Bonchev–Trinajstić information content (AvgIpc) is 2.80. The highest BCUT2D eigenvalue weighted by molar-refractivity contribution is 7.99. The van der Waals surface area contributed by atoms with Crippen molar-refractivity contribution in [3.63, 3.8) is 0 Å². The van der Waals surface area contributed by atoms with Gasteiger partial charge in [-0.15, -0.1) is 0 Å². The summed E-state index contributed by atoms with van der Waals surface area (Å²) in [7, 11) is 0. The summed E-state index contributed by atoms with van der Waals surface area (Å²) in [5.41, 5.74) is 1.84. The molecule has 4 heteroatoms. The van der Waals surface area contributed by atoms with Gasteiger partial charge in [0.25, 0.3) is 5.22 Å². The van der Waals surface area contributed by atoms with E-state index in [9.17, 15) is 0 Å². The minimum absolute atomic E-state index is 0.753. The molecule has 0 amide bonds. The molecule has 1 N–H and O–H groups in total. The average molecular weight is 248 g/mol. The third kappa shape index (κ3) is 2.64. The zero-order valence-electron chi connectivity index (χ0n) is 9.69. The molecule has 90 valence electrons. The minimum Gasteiger partial charge on any atom is -0.431 e. The Hall–Kier alpha value is -1.00. The summed E-state index contributed by atoms with van der Waals surface area (Å²) in [4.78, 5) is 4.47. The molecule has 1 unspecified atom stereocenters. The number of para-hydroxylation sites is 2. The first-order chi connectivity index (χ1) is 8.42. The van der Waals surface area contributed by atoms with Crippen molar-refractivity contribution < 1.29 is 4.42 Å².